The molecule has 16 heavy (non-hydrogen) atoms. The van der Waals surface area contributed by atoms with Crippen LogP contribution in [-0.4, -0.2) is 32.6 Å². The highest BCUT2D eigenvalue weighted by molar-refractivity contribution is 5.67. The van der Waals surface area contributed by atoms with Gasteiger partial charge in [-0.15, -0.1) is 20.4 Å². The molecule has 1 aromatic carbocycles. The van der Waals surface area contributed by atoms with Crippen LogP contribution >= 0.6 is 0 Å². The van der Waals surface area contributed by atoms with Crippen LogP contribution in [-0.2, 0) is 0 Å². The number of nitrogens with zero attached hydrogens (tertiary/aromatic N) is 4. The molecule has 0 aliphatic carbocycles. The van der Waals surface area contributed by atoms with E-state index in [2.05, 4.69) is 20.4 Å². The molecule has 0 radical (unpaired) electrons. The van der Waals surface area contributed by atoms with Gasteiger partial charge in [0.25, 0.3) is 0 Å². The summed E-state index contributed by atoms with van der Waals surface area (Å²) in [6.07, 6.45) is 0. The average Bonchev–Trinajstić information content (AvgIpc) is 2.31. The largest absolute Gasteiger partial charge is 0.504 e. The molecule has 1 N–H and O–H groups in total. The Bertz CT molecular complexity index is 499. The van der Waals surface area contributed by atoms with E-state index >= 15 is 0 Å². The number of hydrogen-bond donors (Lipinski definition) is 1. The van der Waals surface area contributed by atoms with Gasteiger partial charge in [-0.3, -0.25) is 0 Å². The Morgan fingerprint density at radius 1 is 1.12 bits per heavy atom. The van der Waals surface area contributed by atoms with Crippen molar-refractivity contribution in [3.8, 4) is 22.9 Å². The van der Waals surface area contributed by atoms with Gasteiger partial charge >= 0.3 is 0 Å². The molecular weight excluding hydrogens is 208 g/mol. The molecule has 0 bridgehead atoms. The first-order valence-corrected chi connectivity index (χ1v) is 4.62. The fourth-order valence-corrected chi connectivity index (χ4v) is 1.25. The summed E-state index contributed by atoms with van der Waals surface area (Å²) in [5.74, 6) is 1.09. The molecule has 0 fully saturated rings. The van der Waals surface area contributed by atoms with Crippen molar-refractivity contribution >= 4 is 0 Å². The summed E-state index contributed by atoms with van der Waals surface area (Å²) < 4.78 is 4.98. The van der Waals surface area contributed by atoms with Gasteiger partial charge in [0, 0.05) is 0 Å². The summed E-state index contributed by atoms with van der Waals surface area (Å²) in [5, 5.41) is 25.1. The number of methoxy groups -OCH3 is 1. The van der Waals surface area contributed by atoms with E-state index in [4.69, 9.17) is 4.74 Å². The number of aromatic nitrogens is 4. The molecule has 0 saturated heterocycles. The molecule has 1 aromatic heterocycles. The Morgan fingerprint density at radius 3 is 2.44 bits per heavy atom. The molecule has 2 rings (SSSR count). The van der Waals surface area contributed by atoms with Crippen LogP contribution in [0.5, 0.6) is 11.5 Å². The second kappa shape index (κ2) is 4.09. The van der Waals surface area contributed by atoms with Crippen LogP contribution in [0.2, 0.25) is 0 Å². The average molecular weight is 218 g/mol. The van der Waals surface area contributed by atoms with Crippen LogP contribution < -0.4 is 4.74 Å². The normalized spacial score (nSPS) is 10.1. The van der Waals surface area contributed by atoms with Crippen molar-refractivity contribution in [1.29, 1.82) is 0 Å². The van der Waals surface area contributed by atoms with Gasteiger partial charge in [-0.25, -0.2) is 0 Å². The first kappa shape index (κ1) is 10.3. The number of aryl methyl sites for hydroxylation is 1. The third-order valence-corrected chi connectivity index (χ3v) is 2.04. The van der Waals surface area contributed by atoms with E-state index in [-0.39, 0.29) is 11.6 Å². The fraction of sp³-hybridized carbons (Fsp3) is 0.200. The van der Waals surface area contributed by atoms with Crippen LogP contribution in [0.1, 0.15) is 5.82 Å². The number of hydrogen-bond acceptors (Lipinski definition) is 6. The molecule has 82 valence electrons. The summed E-state index contributed by atoms with van der Waals surface area (Å²) in [4.78, 5) is 0. The van der Waals surface area contributed by atoms with Crippen molar-refractivity contribution < 1.29 is 9.84 Å². The molecule has 1 heterocycles. The van der Waals surface area contributed by atoms with E-state index in [1.807, 2.05) is 0 Å². The third kappa shape index (κ3) is 1.77. The molecule has 6 nitrogen and oxygen atoms in total. The lowest BCUT2D eigenvalue weighted by Gasteiger charge is -2.06. The zero-order valence-corrected chi connectivity index (χ0v) is 8.88. The maximum atomic E-state index is 9.85. The van der Waals surface area contributed by atoms with Gasteiger partial charge in [0.2, 0.25) is 5.82 Å². The van der Waals surface area contributed by atoms with Gasteiger partial charge in [-0.05, 0) is 19.1 Å². The van der Waals surface area contributed by atoms with Crippen molar-refractivity contribution in [1.82, 2.24) is 20.4 Å². The van der Waals surface area contributed by atoms with Gasteiger partial charge in [0.05, 0.1) is 12.7 Å². The topological polar surface area (TPSA) is 81.0 Å². The predicted octanol–water partition coefficient (Wildman–Crippen LogP) is 0.956. The Morgan fingerprint density at radius 2 is 1.81 bits per heavy atom. The number of phenolic OH excluding ortho intramolecular Hbond substituents is 1. The number of phenols is 1. The third-order valence-electron chi connectivity index (χ3n) is 2.04. The second-order valence-corrected chi connectivity index (χ2v) is 3.13. The smallest absolute Gasteiger partial charge is 0.207 e. The standard InChI is InChI=1S/C10H10N4O2/c1-6-11-13-10(14-12-6)7-4-3-5-8(16-2)9(7)15/h3-5,15H,1-2H3. The molecule has 6 heteroatoms. The Labute approximate surface area is 91.9 Å². The highest BCUT2D eigenvalue weighted by atomic mass is 16.5. The predicted molar refractivity (Wildman–Crippen MR) is 56.0 cm³/mol. The molecule has 0 spiro atoms. The summed E-state index contributed by atoms with van der Waals surface area (Å²) in [7, 11) is 1.48. The first-order valence-electron chi connectivity index (χ1n) is 4.62. The Kier molecular flexibility index (Phi) is 2.63. The summed E-state index contributed by atoms with van der Waals surface area (Å²) >= 11 is 0. The van der Waals surface area contributed by atoms with Crippen LogP contribution in [0.3, 0.4) is 0 Å². The highest BCUT2D eigenvalue weighted by Gasteiger charge is 2.12. The second-order valence-electron chi connectivity index (χ2n) is 3.13. The van der Waals surface area contributed by atoms with Gasteiger partial charge in [-0.1, -0.05) is 6.07 Å². The maximum absolute atomic E-state index is 9.85. The molecule has 0 unspecified atom stereocenters. The number of ether oxygens (including phenoxy) is 1. The van der Waals surface area contributed by atoms with E-state index in [0.717, 1.165) is 0 Å². The van der Waals surface area contributed by atoms with Gasteiger partial charge in [-0.2, -0.15) is 0 Å². The molecule has 0 aliphatic heterocycles. The summed E-state index contributed by atoms with van der Waals surface area (Å²) in [6.45, 7) is 1.69. The minimum Gasteiger partial charge on any atom is -0.504 e. The quantitative estimate of drug-likeness (QED) is 0.808. The number of rotatable bonds is 2. The SMILES string of the molecule is COc1cccc(-c2nnc(C)nn2)c1O. The zero-order valence-electron chi connectivity index (χ0n) is 8.88. The van der Waals surface area contributed by atoms with E-state index in [9.17, 15) is 5.11 Å². The van der Waals surface area contributed by atoms with Gasteiger partial charge in [0.1, 0.15) is 0 Å². The lowest BCUT2D eigenvalue weighted by atomic mass is 10.2. The van der Waals surface area contributed by atoms with Crippen molar-refractivity contribution in [3.05, 3.63) is 24.0 Å². The van der Waals surface area contributed by atoms with Crippen LogP contribution in [0.15, 0.2) is 18.2 Å². The maximum Gasteiger partial charge on any atom is 0.207 e. The van der Waals surface area contributed by atoms with Crippen molar-refractivity contribution in [3.63, 3.8) is 0 Å². The number of aromatic hydroxyl groups is 1. The minimum absolute atomic E-state index is 0.0162. The van der Waals surface area contributed by atoms with Gasteiger partial charge < -0.3 is 9.84 Å². The molecule has 0 saturated carbocycles. The minimum atomic E-state index is -0.0162. The first-order chi connectivity index (χ1) is 7.72. The molecule has 0 atom stereocenters. The number of benzene rings is 1. The van der Waals surface area contributed by atoms with E-state index in [1.165, 1.54) is 7.11 Å². The highest BCUT2D eigenvalue weighted by Crippen LogP contribution is 2.34. The summed E-state index contributed by atoms with van der Waals surface area (Å²) in [5.41, 5.74) is 0.444. The zero-order chi connectivity index (χ0) is 11.5. The molecule has 0 amide bonds. The lowest BCUT2D eigenvalue weighted by molar-refractivity contribution is 0.374. The monoisotopic (exact) mass is 218 g/mol. The molecule has 2 aromatic rings. The molecule has 0 aliphatic rings. The lowest BCUT2D eigenvalue weighted by Crippen LogP contribution is -1.99. The van der Waals surface area contributed by atoms with Gasteiger partial charge in [0.15, 0.2) is 17.3 Å². The van der Waals surface area contributed by atoms with E-state index < -0.39 is 0 Å². The Hall–Kier alpha value is -2.24. The Balaban J connectivity index is 2.51. The van der Waals surface area contributed by atoms with Crippen LogP contribution in [0, 0.1) is 6.92 Å². The van der Waals surface area contributed by atoms with E-state index in [1.54, 1.807) is 25.1 Å². The van der Waals surface area contributed by atoms with Crippen molar-refractivity contribution in [2.45, 2.75) is 6.92 Å². The van der Waals surface area contributed by atoms with E-state index in [0.29, 0.717) is 17.1 Å². The molecular formula is C10H10N4O2. The van der Waals surface area contributed by atoms with Crippen molar-refractivity contribution in [2.24, 2.45) is 0 Å². The summed E-state index contributed by atoms with van der Waals surface area (Å²) in [6, 6.07) is 5.05. The van der Waals surface area contributed by atoms with Crippen LogP contribution in [0.4, 0.5) is 0 Å². The number of para-hydroxylation sites is 1. The van der Waals surface area contributed by atoms with Crippen LogP contribution in [0.25, 0.3) is 11.4 Å². The van der Waals surface area contributed by atoms with Crippen molar-refractivity contribution in [2.75, 3.05) is 7.11 Å². The fourth-order valence-electron chi connectivity index (χ4n) is 1.25.